The Hall–Kier alpha value is -1.22. The Morgan fingerprint density at radius 1 is 1.58 bits per heavy atom. The number of hydrogen-bond donors (Lipinski definition) is 0. The lowest BCUT2D eigenvalue weighted by molar-refractivity contribution is 0.145. The van der Waals surface area contributed by atoms with Gasteiger partial charge in [-0.1, -0.05) is 6.08 Å². The van der Waals surface area contributed by atoms with E-state index in [-0.39, 0.29) is 0 Å². The highest BCUT2D eigenvalue weighted by atomic mass is 16.5. The molecule has 3 heteroatoms. The third-order valence-electron chi connectivity index (χ3n) is 1.29. The highest BCUT2D eigenvalue weighted by molar-refractivity contribution is 4.99. The van der Waals surface area contributed by atoms with Crippen LogP contribution in [-0.4, -0.2) is 16.6 Å². The van der Waals surface area contributed by atoms with E-state index in [2.05, 4.69) is 16.5 Å². The molecule has 0 unspecified atom stereocenters. The van der Waals surface area contributed by atoms with Crippen molar-refractivity contribution in [2.75, 3.05) is 6.61 Å². The summed E-state index contributed by atoms with van der Waals surface area (Å²) in [5.41, 5.74) is 1.77. The average Bonchev–Trinajstić information content (AvgIpc) is 2.05. The minimum absolute atomic E-state index is 0.501. The standard InChI is InChI=1S/C9H12N2O/c1-3-4-12-7-9-6-10-5-8(2)11-9/h3,5-6H,1,4,7H2,2H3. The Labute approximate surface area is 72.1 Å². The van der Waals surface area contributed by atoms with E-state index in [9.17, 15) is 0 Å². The minimum atomic E-state index is 0.501. The molecule has 0 N–H and O–H groups in total. The van der Waals surface area contributed by atoms with Gasteiger partial charge >= 0.3 is 0 Å². The van der Waals surface area contributed by atoms with Crippen LogP contribution < -0.4 is 0 Å². The highest BCUT2D eigenvalue weighted by Gasteiger charge is 1.93. The molecule has 0 fully saturated rings. The first-order chi connectivity index (χ1) is 5.83. The minimum Gasteiger partial charge on any atom is -0.371 e. The van der Waals surface area contributed by atoms with Crippen LogP contribution in [0.5, 0.6) is 0 Å². The van der Waals surface area contributed by atoms with Crippen LogP contribution in [0.1, 0.15) is 11.4 Å². The fraction of sp³-hybridized carbons (Fsp3) is 0.333. The van der Waals surface area contributed by atoms with Crippen LogP contribution in [0.4, 0.5) is 0 Å². The third kappa shape index (κ3) is 2.80. The van der Waals surface area contributed by atoms with Gasteiger partial charge in [0, 0.05) is 6.20 Å². The van der Waals surface area contributed by atoms with Crippen LogP contribution in [0.3, 0.4) is 0 Å². The van der Waals surface area contributed by atoms with Gasteiger partial charge in [-0.2, -0.15) is 0 Å². The van der Waals surface area contributed by atoms with Crippen LogP contribution in [0.2, 0.25) is 0 Å². The van der Waals surface area contributed by atoms with Gasteiger partial charge in [0.1, 0.15) is 0 Å². The lowest BCUT2D eigenvalue weighted by atomic mass is 10.4. The molecule has 12 heavy (non-hydrogen) atoms. The molecule has 0 aliphatic carbocycles. The first-order valence-corrected chi connectivity index (χ1v) is 3.79. The molecule has 1 heterocycles. The summed E-state index contributed by atoms with van der Waals surface area (Å²) in [6, 6.07) is 0. The zero-order valence-electron chi connectivity index (χ0n) is 7.16. The molecule has 0 spiro atoms. The summed E-state index contributed by atoms with van der Waals surface area (Å²) >= 11 is 0. The third-order valence-corrected chi connectivity index (χ3v) is 1.29. The van der Waals surface area contributed by atoms with Gasteiger partial charge in [-0.25, -0.2) is 0 Å². The van der Waals surface area contributed by atoms with E-state index in [0.717, 1.165) is 11.4 Å². The van der Waals surface area contributed by atoms with E-state index in [4.69, 9.17) is 4.74 Å². The lowest BCUT2D eigenvalue weighted by Crippen LogP contribution is -1.97. The monoisotopic (exact) mass is 164 g/mol. The molecule has 0 saturated carbocycles. The second kappa shape index (κ2) is 4.62. The molecule has 0 saturated heterocycles. The van der Waals surface area contributed by atoms with Gasteiger partial charge in [-0.05, 0) is 6.92 Å². The molecule has 0 bridgehead atoms. The zero-order valence-corrected chi connectivity index (χ0v) is 7.16. The molecule has 0 aliphatic heterocycles. The Morgan fingerprint density at radius 3 is 3.08 bits per heavy atom. The van der Waals surface area contributed by atoms with E-state index in [1.807, 2.05) is 6.92 Å². The van der Waals surface area contributed by atoms with Crippen LogP contribution >= 0.6 is 0 Å². The average molecular weight is 164 g/mol. The molecule has 0 aliphatic rings. The predicted octanol–water partition coefficient (Wildman–Crippen LogP) is 1.49. The summed E-state index contributed by atoms with van der Waals surface area (Å²) in [5.74, 6) is 0. The van der Waals surface area contributed by atoms with Gasteiger partial charge in [0.25, 0.3) is 0 Å². The van der Waals surface area contributed by atoms with Crippen molar-refractivity contribution in [3.8, 4) is 0 Å². The maximum Gasteiger partial charge on any atom is 0.0907 e. The molecule has 1 aromatic heterocycles. The normalized spacial score (nSPS) is 9.75. The number of rotatable bonds is 4. The molecule has 3 nitrogen and oxygen atoms in total. The van der Waals surface area contributed by atoms with Crippen molar-refractivity contribution in [1.82, 2.24) is 9.97 Å². The van der Waals surface area contributed by atoms with Crippen LogP contribution in [0, 0.1) is 6.92 Å². The van der Waals surface area contributed by atoms with E-state index >= 15 is 0 Å². The quantitative estimate of drug-likeness (QED) is 0.499. The molecule has 0 amide bonds. The van der Waals surface area contributed by atoms with E-state index in [1.165, 1.54) is 0 Å². The molecule has 0 aromatic carbocycles. The first kappa shape index (κ1) is 8.87. The van der Waals surface area contributed by atoms with Crippen molar-refractivity contribution < 1.29 is 4.74 Å². The van der Waals surface area contributed by atoms with Gasteiger partial charge < -0.3 is 4.74 Å². The molecule has 64 valence electrons. The second-order valence-corrected chi connectivity index (χ2v) is 2.46. The molecule has 1 aromatic rings. The van der Waals surface area contributed by atoms with Crippen LogP contribution in [0.15, 0.2) is 25.0 Å². The zero-order chi connectivity index (χ0) is 8.81. The topological polar surface area (TPSA) is 35.0 Å². The maximum absolute atomic E-state index is 5.20. The first-order valence-electron chi connectivity index (χ1n) is 3.79. The van der Waals surface area contributed by atoms with Gasteiger partial charge in [0.2, 0.25) is 0 Å². The van der Waals surface area contributed by atoms with Gasteiger partial charge in [-0.15, -0.1) is 6.58 Å². The summed E-state index contributed by atoms with van der Waals surface area (Å²) < 4.78 is 5.20. The Bertz CT molecular complexity index is 260. The fourth-order valence-corrected chi connectivity index (χ4v) is 0.832. The van der Waals surface area contributed by atoms with Crippen LogP contribution in [-0.2, 0) is 11.3 Å². The Balaban J connectivity index is 2.46. The molecular formula is C9H12N2O. The van der Waals surface area contributed by atoms with Crippen molar-refractivity contribution in [2.24, 2.45) is 0 Å². The fourth-order valence-electron chi connectivity index (χ4n) is 0.832. The number of ether oxygens (including phenoxy) is 1. The number of aryl methyl sites for hydroxylation is 1. The van der Waals surface area contributed by atoms with E-state index in [1.54, 1.807) is 18.5 Å². The van der Waals surface area contributed by atoms with Crippen molar-refractivity contribution in [1.29, 1.82) is 0 Å². The number of nitrogens with zero attached hydrogens (tertiary/aromatic N) is 2. The SMILES string of the molecule is C=CCOCc1cncc(C)n1. The number of hydrogen-bond acceptors (Lipinski definition) is 3. The molecule has 0 radical (unpaired) electrons. The Morgan fingerprint density at radius 2 is 2.42 bits per heavy atom. The molecular weight excluding hydrogens is 152 g/mol. The summed E-state index contributed by atoms with van der Waals surface area (Å²) in [6.07, 6.45) is 5.14. The van der Waals surface area contributed by atoms with E-state index < -0.39 is 0 Å². The smallest absolute Gasteiger partial charge is 0.0907 e. The number of aromatic nitrogens is 2. The predicted molar refractivity (Wildman–Crippen MR) is 46.6 cm³/mol. The van der Waals surface area contributed by atoms with Crippen molar-refractivity contribution in [3.63, 3.8) is 0 Å². The molecule has 1 rings (SSSR count). The van der Waals surface area contributed by atoms with Crippen molar-refractivity contribution in [2.45, 2.75) is 13.5 Å². The summed E-state index contributed by atoms with van der Waals surface area (Å²) in [4.78, 5) is 8.22. The van der Waals surface area contributed by atoms with Gasteiger partial charge in [-0.3, -0.25) is 9.97 Å². The largest absolute Gasteiger partial charge is 0.371 e. The van der Waals surface area contributed by atoms with Gasteiger partial charge in [0.05, 0.1) is 30.8 Å². The summed E-state index contributed by atoms with van der Waals surface area (Å²) in [6.45, 7) is 6.51. The van der Waals surface area contributed by atoms with Crippen LogP contribution in [0.25, 0.3) is 0 Å². The van der Waals surface area contributed by atoms with Gasteiger partial charge in [0.15, 0.2) is 0 Å². The highest BCUT2D eigenvalue weighted by Crippen LogP contribution is 1.96. The van der Waals surface area contributed by atoms with E-state index in [0.29, 0.717) is 13.2 Å². The van der Waals surface area contributed by atoms with Crippen molar-refractivity contribution in [3.05, 3.63) is 36.4 Å². The van der Waals surface area contributed by atoms with Crippen molar-refractivity contribution >= 4 is 0 Å². The second-order valence-electron chi connectivity index (χ2n) is 2.46. The lowest BCUT2D eigenvalue weighted by Gasteiger charge is -2.00. The summed E-state index contributed by atoms with van der Waals surface area (Å²) in [5, 5.41) is 0. The maximum atomic E-state index is 5.20. The molecule has 0 atom stereocenters. The Kier molecular flexibility index (Phi) is 3.41. The summed E-state index contributed by atoms with van der Waals surface area (Å²) in [7, 11) is 0.